The smallest absolute Gasteiger partial charge is 0.264 e. The van der Waals surface area contributed by atoms with Crippen LogP contribution < -0.4 is 9.62 Å². The third kappa shape index (κ3) is 3.73. The Labute approximate surface area is 175 Å². The number of nitrogens with zero attached hydrogens (tertiary/aromatic N) is 1. The van der Waals surface area contributed by atoms with Gasteiger partial charge in [0.2, 0.25) is 0 Å². The highest BCUT2D eigenvalue weighted by atomic mass is 35.5. The third-order valence-electron chi connectivity index (χ3n) is 4.90. The molecule has 0 bridgehead atoms. The van der Waals surface area contributed by atoms with E-state index in [1.165, 1.54) is 16.4 Å². The highest BCUT2D eigenvalue weighted by molar-refractivity contribution is 7.92. The molecule has 1 aliphatic rings. The van der Waals surface area contributed by atoms with E-state index >= 15 is 0 Å². The number of rotatable bonds is 4. The number of halogens is 1. The lowest BCUT2D eigenvalue weighted by atomic mass is 10.2. The minimum Gasteiger partial charge on any atom is -0.321 e. The molecule has 0 fully saturated rings. The maximum absolute atomic E-state index is 13.2. The molecule has 148 valence electrons. The van der Waals surface area contributed by atoms with E-state index in [0.29, 0.717) is 29.4 Å². The van der Waals surface area contributed by atoms with Crippen molar-refractivity contribution in [2.45, 2.75) is 18.2 Å². The fourth-order valence-electron chi connectivity index (χ4n) is 3.40. The quantitative estimate of drug-likeness (QED) is 0.660. The van der Waals surface area contributed by atoms with Crippen molar-refractivity contribution in [3.8, 4) is 0 Å². The van der Waals surface area contributed by atoms with Crippen molar-refractivity contribution >= 4 is 38.9 Å². The average molecular weight is 427 g/mol. The van der Waals surface area contributed by atoms with Crippen LogP contribution in [-0.4, -0.2) is 20.9 Å². The number of amides is 1. The minimum absolute atomic E-state index is 0.0804. The lowest BCUT2D eigenvalue weighted by molar-refractivity contribution is 0.102. The van der Waals surface area contributed by atoms with Crippen LogP contribution in [0.25, 0.3) is 0 Å². The lowest BCUT2D eigenvalue weighted by Gasteiger charge is -2.20. The van der Waals surface area contributed by atoms with Gasteiger partial charge in [-0.2, -0.15) is 0 Å². The zero-order chi connectivity index (χ0) is 20.6. The zero-order valence-electron chi connectivity index (χ0n) is 15.7. The van der Waals surface area contributed by atoms with Crippen molar-refractivity contribution in [2.24, 2.45) is 0 Å². The Bertz CT molecular complexity index is 1210. The molecule has 3 aromatic rings. The maximum atomic E-state index is 13.2. The Balaban J connectivity index is 1.62. The SMILES string of the molecule is Cc1ccc(NC(=O)c2cccc(S(=O)(=O)N3CCc4ccccc43)c2)c(Cl)c1. The van der Waals surface area contributed by atoms with Crippen LogP contribution in [0.1, 0.15) is 21.5 Å². The minimum atomic E-state index is -3.77. The topological polar surface area (TPSA) is 66.5 Å². The maximum Gasteiger partial charge on any atom is 0.264 e. The van der Waals surface area contributed by atoms with Gasteiger partial charge < -0.3 is 5.32 Å². The van der Waals surface area contributed by atoms with Crippen molar-refractivity contribution in [1.82, 2.24) is 0 Å². The summed E-state index contributed by atoms with van der Waals surface area (Å²) < 4.78 is 27.8. The first-order valence-corrected chi connectivity index (χ1v) is 11.0. The second kappa shape index (κ2) is 7.54. The monoisotopic (exact) mass is 426 g/mol. The van der Waals surface area contributed by atoms with Crippen LogP contribution in [0.4, 0.5) is 11.4 Å². The van der Waals surface area contributed by atoms with E-state index < -0.39 is 15.9 Å². The largest absolute Gasteiger partial charge is 0.321 e. The molecule has 7 heteroatoms. The number of hydrogen-bond donors (Lipinski definition) is 1. The molecule has 0 unspecified atom stereocenters. The van der Waals surface area contributed by atoms with Crippen molar-refractivity contribution in [2.75, 3.05) is 16.2 Å². The number of nitrogens with one attached hydrogen (secondary N) is 1. The molecule has 1 aliphatic heterocycles. The van der Waals surface area contributed by atoms with E-state index in [9.17, 15) is 13.2 Å². The molecule has 3 aromatic carbocycles. The number of para-hydroxylation sites is 1. The summed E-state index contributed by atoms with van der Waals surface area (Å²) in [6, 6.07) is 18.8. The predicted octanol–water partition coefficient (Wildman–Crippen LogP) is 4.65. The van der Waals surface area contributed by atoms with Gasteiger partial charge in [0.1, 0.15) is 0 Å². The van der Waals surface area contributed by atoms with Gasteiger partial charge in [0.05, 0.1) is 21.3 Å². The van der Waals surface area contributed by atoms with Crippen LogP contribution in [0.3, 0.4) is 0 Å². The highest BCUT2D eigenvalue weighted by Crippen LogP contribution is 2.33. The van der Waals surface area contributed by atoms with Crippen LogP contribution in [0, 0.1) is 6.92 Å². The van der Waals surface area contributed by atoms with E-state index in [2.05, 4.69) is 5.32 Å². The van der Waals surface area contributed by atoms with E-state index in [1.807, 2.05) is 31.2 Å². The molecule has 0 aromatic heterocycles. The summed E-state index contributed by atoms with van der Waals surface area (Å²) in [6.07, 6.45) is 0.668. The van der Waals surface area contributed by atoms with Crippen molar-refractivity contribution in [3.05, 3.63) is 88.4 Å². The fraction of sp³-hybridized carbons (Fsp3) is 0.136. The normalized spacial score (nSPS) is 13.2. The van der Waals surface area contributed by atoms with Gasteiger partial charge >= 0.3 is 0 Å². The number of carbonyl (C=O) groups excluding carboxylic acids is 1. The Morgan fingerprint density at radius 3 is 2.62 bits per heavy atom. The standard InChI is InChI=1S/C22H19ClN2O3S/c1-15-9-10-20(19(23)13-15)24-22(26)17-6-4-7-18(14-17)29(27,28)25-12-11-16-5-2-3-8-21(16)25/h2-10,13-14H,11-12H2,1H3,(H,24,26). The van der Waals surface area contributed by atoms with E-state index in [4.69, 9.17) is 11.6 Å². The van der Waals surface area contributed by atoms with Crippen LogP contribution in [0.15, 0.2) is 71.6 Å². The molecular weight excluding hydrogens is 408 g/mol. The Morgan fingerprint density at radius 1 is 1.03 bits per heavy atom. The van der Waals surface area contributed by atoms with Crippen LogP contribution in [0.5, 0.6) is 0 Å². The van der Waals surface area contributed by atoms with Gasteiger partial charge in [-0.05, 0) is 60.9 Å². The molecule has 29 heavy (non-hydrogen) atoms. The molecule has 4 rings (SSSR count). The second-order valence-electron chi connectivity index (χ2n) is 6.92. The summed E-state index contributed by atoms with van der Waals surface area (Å²) in [7, 11) is -3.77. The molecule has 1 amide bonds. The molecular formula is C22H19ClN2O3S. The Morgan fingerprint density at radius 2 is 1.83 bits per heavy atom. The third-order valence-corrected chi connectivity index (χ3v) is 7.02. The molecule has 1 heterocycles. The number of hydrogen-bond acceptors (Lipinski definition) is 3. The van der Waals surface area contributed by atoms with E-state index in [-0.39, 0.29) is 10.5 Å². The first-order chi connectivity index (χ1) is 13.9. The number of benzene rings is 3. The molecule has 5 nitrogen and oxygen atoms in total. The zero-order valence-corrected chi connectivity index (χ0v) is 17.3. The van der Waals surface area contributed by atoms with Crippen LogP contribution in [0.2, 0.25) is 5.02 Å². The van der Waals surface area contributed by atoms with Gasteiger partial charge in [-0.3, -0.25) is 9.10 Å². The van der Waals surface area contributed by atoms with E-state index in [1.54, 1.807) is 30.3 Å². The van der Waals surface area contributed by atoms with Crippen molar-refractivity contribution in [1.29, 1.82) is 0 Å². The lowest BCUT2D eigenvalue weighted by Crippen LogP contribution is -2.29. The Hall–Kier alpha value is -2.83. The molecule has 1 N–H and O–H groups in total. The molecule has 0 radical (unpaired) electrons. The number of anilines is 2. The van der Waals surface area contributed by atoms with Crippen molar-refractivity contribution < 1.29 is 13.2 Å². The molecule has 0 aliphatic carbocycles. The molecule has 0 saturated carbocycles. The molecule has 0 spiro atoms. The van der Waals surface area contributed by atoms with E-state index in [0.717, 1.165) is 11.1 Å². The predicted molar refractivity (Wildman–Crippen MR) is 115 cm³/mol. The first-order valence-electron chi connectivity index (χ1n) is 9.14. The van der Waals surface area contributed by atoms with Gasteiger partial charge in [0.25, 0.3) is 15.9 Å². The average Bonchev–Trinajstić information content (AvgIpc) is 3.15. The summed E-state index contributed by atoms with van der Waals surface area (Å²) in [4.78, 5) is 12.8. The van der Waals surface area contributed by atoms with Gasteiger partial charge in [-0.1, -0.05) is 41.9 Å². The van der Waals surface area contributed by atoms with Gasteiger partial charge in [0.15, 0.2) is 0 Å². The van der Waals surface area contributed by atoms with Gasteiger partial charge in [-0.25, -0.2) is 8.42 Å². The van der Waals surface area contributed by atoms with Gasteiger partial charge in [-0.15, -0.1) is 0 Å². The number of carbonyl (C=O) groups is 1. The number of aryl methyl sites for hydroxylation is 1. The molecule has 0 saturated heterocycles. The summed E-state index contributed by atoms with van der Waals surface area (Å²) in [5, 5.41) is 3.16. The highest BCUT2D eigenvalue weighted by Gasteiger charge is 2.30. The number of sulfonamides is 1. The van der Waals surface area contributed by atoms with Crippen LogP contribution >= 0.6 is 11.6 Å². The molecule has 0 atom stereocenters. The Kier molecular flexibility index (Phi) is 5.06. The van der Waals surface area contributed by atoms with Crippen molar-refractivity contribution in [3.63, 3.8) is 0 Å². The summed E-state index contributed by atoms with van der Waals surface area (Å²) in [5.41, 5.74) is 3.39. The summed E-state index contributed by atoms with van der Waals surface area (Å²) in [6.45, 7) is 2.29. The summed E-state index contributed by atoms with van der Waals surface area (Å²) in [5.74, 6) is -0.422. The second-order valence-corrected chi connectivity index (χ2v) is 9.19. The number of fused-ring (bicyclic) bond motifs is 1. The fourth-order valence-corrected chi connectivity index (χ4v) is 5.23. The van der Waals surface area contributed by atoms with Gasteiger partial charge in [0, 0.05) is 12.1 Å². The van der Waals surface area contributed by atoms with Crippen LogP contribution in [-0.2, 0) is 16.4 Å². The first kappa shape index (κ1) is 19.5. The summed E-state index contributed by atoms with van der Waals surface area (Å²) >= 11 is 6.18.